The number of amides is 3. The highest BCUT2D eigenvalue weighted by Gasteiger charge is 2.32. The van der Waals surface area contributed by atoms with Gasteiger partial charge in [0.1, 0.15) is 12.1 Å². The van der Waals surface area contributed by atoms with Gasteiger partial charge >= 0.3 is 5.97 Å². The Bertz CT molecular complexity index is 1670. The molecule has 1 heterocycles. The molecule has 0 saturated carbocycles. The van der Waals surface area contributed by atoms with Gasteiger partial charge in [0.2, 0.25) is 17.7 Å². The average Bonchev–Trinajstić information content (AvgIpc) is 3.46. The first-order valence-corrected chi connectivity index (χ1v) is 14.7. The van der Waals surface area contributed by atoms with E-state index in [2.05, 4.69) is 25.9 Å². The monoisotopic (exact) mass is 626 g/mol. The molecule has 0 aliphatic carbocycles. The SMILES string of the molecule is NC(N)=NCCC[C@H](N)C(=O)NC(C(=O)N[C@@H](Cc1c[nH]c2ccccc12)C(=O)NC(C(=O)O)c1ccccc1)c1ccccc1. The van der Waals surface area contributed by atoms with Crippen molar-refractivity contribution in [2.45, 2.75) is 43.4 Å². The van der Waals surface area contributed by atoms with E-state index in [0.29, 0.717) is 17.5 Å². The van der Waals surface area contributed by atoms with E-state index in [1.807, 2.05) is 24.3 Å². The first-order chi connectivity index (χ1) is 22.1. The van der Waals surface area contributed by atoms with Crippen molar-refractivity contribution in [3.63, 3.8) is 0 Å². The van der Waals surface area contributed by atoms with Gasteiger partial charge in [-0.25, -0.2) is 4.79 Å². The molecule has 11 N–H and O–H groups in total. The van der Waals surface area contributed by atoms with Crippen molar-refractivity contribution in [1.82, 2.24) is 20.9 Å². The van der Waals surface area contributed by atoms with Crippen molar-refractivity contribution < 1.29 is 24.3 Å². The minimum atomic E-state index is -1.36. The molecule has 240 valence electrons. The topological polar surface area (TPSA) is 231 Å². The third-order valence-corrected chi connectivity index (χ3v) is 7.38. The summed E-state index contributed by atoms with van der Waals surface area (Å²) in [4.78, 5) is 60.0. The summed E-state index contributed by atoms with van der Waals surface area (Å²) in [6.07, 6.45) is 2.46. The molecular weight excluding hydrogens is 588 g/mol. The lowest BCUT2D eigenvalue weighted by Gasteiger charge is -2.25. The van der Waals surface area contributed by atoms with E-state index in [1.165, 1.54) is 0 Å². The molecule has 4 atom stereocenters. The zero-order chi connectivity index (χ0) is 33.1. The lowest BCUT2D eigenvalue weighted by molar-refractivity contribution is -0.142. The van der Waals surface area contributed by atoms with Crippen LogP contribution in [0.3, 0.4) is 0 Å². The smallest absolute Gasteiger partial charge is 0.330 e. The third-order valence-electron chi connectivity index (χ3n) is 7.38. The van der Waals surface area contributed by atoms with Crippen LogP contribution in [0.1, 0.15) is 41.6 Å². The first-order valence-electron chi connectivity index (χ1n) is 14.7. The quantitative estimate of drug-likeness (QED) is 0.0544. The Labute approximate surface area is 265 Å². The van der Waals surface area contributed by atoms with Crippen LogP contribution in [0.25, 0.3) is 10.9 Å². The molecule has 0 saturated heterocycles. The summed E-state index contributed by atoms with van der Waals surface area (Å²) >= 11 is 0. The highest BCUT2D eigenvalue weighted by atomic mass is 16.4. The summed E-state index contributed by atoms with van der Waals surface area (Å²) < 4.78 is 0. The number of aliphatic carboxylic acids is 1. The standard InChI is InChI=1S/C33H38N8O5/c34-24(15-9-17-37-33(35)36)29(42)40-27(20-10-3-1-4-11-20)31(44)39-26(18-22-19-38-25-16-8-7-14-23(22)25)30(43)41-28(32(45)46)21-12-5-2-6-13-21/h1-8,10-14,16,19,24,26-28,38H,9,15,17-18,34H2,(H,39,44)(H,40,42)(H,41,43)(H,45,46)(H4,35,36,37)/t24-,26-,27?,28?/m0/s1. The summed E-state index contributed by atoms with van der Waals surface area (Å²) in [6, 6.07) is 19.5. The first kappa shape index (κ1) is 33.2. The summed E-state index contributed by atoms with van der Waals surface area (Å²) in [5.74, 6) is -3.31. The van der Waals surface area contributed by atoms with Crippen LogP contribution in [0, 0.1) is 0 Å². The maximum atomic E-state index is 13.9. The molecule has 0 spiro atoms. The van der Waals surface area contributed by atoms with Gasteiger partial charge in [0.05, 0.1) is 6.04 Å². The lowest BCUT2D eigenvalue weighted by atomic mass is 10.0. The summed E-state index contributed by atoms with van der Waals surface area (Å²) in [6.45, 7) is 0.289. The van der Waals surface area contributed by atoms with Gasteiger partial charge in [0.15, 0.2) is 12.0 Å². The van der Waals surface area contributed by atoms with Gasteiger partial charge in [-0.3, -0.25) is 19.4 Å². The number of aliphatic imine (C=N–C) groups is 1. The Kier molecular flexibility index (Phi) is 11.5. The number of guanidine groups is 1. The number of carbonyl (C=O) groups is 4. The Morgan fingerprint density at radius 2 is 1.35 bits per heavy atom. The van der Waals surface area contributed by atoms with Crippen molar-refractivity contribution in [2.75, 3.05) is 6.54 Å². The number of carboxylic acid groups (broad SMARTS) is 1. The van der Waals surface area contributed by atoms with E-state index in [9.17, 15) is 24.3 Å². The van der Waals surface area contributed by atoms with Gasteiger partial charge in [-0.15, -0.1) is 0 Å². The molecule has 0 radical (unpaired) electrons. The third kappa shape index (κ3) is 8.92. The van der Waals surface area contributed by atoms with Crippen LogP contribution < -0.4 is 33.2 Å². The molecule has 3 amide bonds. The van der Waals surface area contributed by atoms with Crippen LogP contribution in [0.5, 0.6) is 0 Å². The van der Waals surface area contributed by atoms with E-state index in [-0.39, 0.29) is 25.3 Å². The number of aromatic nitrogens is 1. The fraction of sp³-hybridized carbons (Fsp3) is 0.242. The van der Waals surface area contributed by atoms with Gasteiger partial charge in [-0.05, 0) is 35.6 Å². The Hall–Kier alpha value is -5.69. The summed E-state index contributed by atoms with van der Waals surface area (Å²) in [5, 5.41) is 18.8. The number of nitrogens with two attached hydrogens (primary N) is 3. The number of para-hydroxylation sites is 1. The fourth-order valence-electron chi connectivity index (χ4n) is 5.01. The molecule has 46 heavy (non-hydrogen) atoms. The molecule has 0 bridgehead atoms. The zero-order valence-corrected chi connectivity index (χ0v) is 25.1. The zero-order valence-electron chi connectivity index (χ0n) is 25.1. The van der Waals surface area contributed by atoms with E-state index in [0.717, 1.165) is 16.5 Å². The molecule has 13 heteroatoms. The minimum Gasteiger partial charge on any atom is -0.479 e. The second-order valence-corrected chi connectivity index (χ2v) is 10.7. The van der Waals surface area contributed by atoms with Crippen LogP contribution in [0.4, 0.5) is 0 Å². The van der Waals surface area contributed by atoms with Crippen molar-refractivity contribution in [1.29, 1.82) is 0 Å². The fourth-order valence-corrected chi connectivity index (χ4v) is 5.01. The number of hydrogen-bond donors (Lipinski definition) is 8. The molecule has 0 fully saturated rings. The number of carboxylic acids is 1. The number of carbonyl (C=O) groups excluding carboxylic acids is 3. The number of rotatable bonds is 15. The highest BCUT2D eigenvalue weighted by molar-refractivity contribution is 5.95. The van der Waals surface area contributed by atoms with Gasteiger partial charge in [0, 0.05) is 30.1 Å². The summed E-state index contributed by atoms with van der Waals surface area (Å²) in [7, 11) is 0. The average molecular weight is 627 g/mol. The van der Waals surface area contributed by atoms with Crippen molar-refractivity contribution in [3.05, 3.63) is 108 Å². The maximum Gasteiger partial charge on any atom is 0.330 e. The molecule has 2 unspecified atom stereocenters. The van der Waals surface area contributed by atoms with Crippen LogP contribution in [-0.2, 0) is 25.6 Å². The Balaban J connectivity index is 1.59. The Morgan fingerprint density at radius 1 is 0.761 bits per heavy atom. The molecule has 4 aromatic rings. The van der Waals surface area contributed by atoms with Crippen LogP contribution in [-0.4, -0.2) is 58.4 Å². The maximum absolute atomic E-state index is 13.9. The number of hydrogen-bond acceptors (Lipinski definition) is 6. The van der Waals surface area contributed by atoms with Crippen molar-refractivity contribution >= 4 is 40.6 Å². The van der Waals surface area contributed by atoms with E-state index < -0.39 is 47.9 Å². The molecule has 3 aromatic carbocycles. The Morgan fingerprint density at radius 3 is 1.98 bits per heavy atom. The lowest BCUT2D eigenvalue weighted by Crippen LogP contribution is -2.53. The molecule has 13 nitrogen and oxygen atoms in total. The molecule has 4 rings (SSSR count). The number of aromatic amines is 1. The van der Waals surface area contributed by atoms with E-state index >= 15 is 0 Å². The van der Waals surface area contributed by atoms with E-state index in [1.54, 1.807) is 66.9 Å². The molecule has 0 aliphatic heterocycles. The van der Waals surface area contributed by atoms with E-state index in [4.69, 9.17) is 17.2 Å². The normalized spacial score (nSPS) is 13.5. The number of fused-ring (bicyclic) bond motifs is 1. The second kappa shape index (κ2) is 15.9. The van der Waals surface area contributed by atoms with Crippen LogP contribution >= 0.6 is 0 Å². The predicted octanol–water partition coefficient (Wildman–Crippen LogP) is 1.38. The van der Waals surface area contributed by atoms with Gasteiger partial charge in [0.25, 0.3) is 0 Å². The number of nitrogens with one attached hydrogen (secondary N) is 4. The second-order valence-electron chi connectivity index (χ2n) is 10.7. The molecular formula is C33H38N8O5. The van der Waals surface area contributed by atoms with Gasteiger partial charge in [-0.2, -0.15) is 0 Å². The number of nitrogens with zero attached hydrogens (tertiary/aromatic N) is 1. The van der Waals surface area contributed by atoms with Gasteiger partial charge in [-0.1, -0.05) is 78.9 Å². The van der Waals surface area contributed by atoms with Crippen molar-refractivity contribution in [3.8, 4) is 0 Å². The highest BCUT2D eigenvalue weighted by Crippen LogP contribution is 2.21. The van der Waals surface area contributed by atoms with Crippen LogP contribution in [0.2, 0.25) is 0 Å². The van der Waals surface area contributed by atoms with Crippen LogP contribution in [0.15, 0.2) is 96.1 Å². The number of benzene rings is 3. The van der Waals surface area contributed by atoms with Gasteiger partial charge < -0.3 is 43.2 Å². The predicted molar refractivity (Wildman–Crippen MR) is 174 cm³/mol. The molecule has 0 aliphatic rings. The molecule has 1 aromatic heterocycles. The largest absolute Gasteiger partial charge is 0.479 e. The summed E-state index contributed by atoms with van der Waals surface area (Å²) in [5.41, 5.74) is 19.2. The minimum absolute atomic E-state index is 0.0302. The number of H-pyrrole nitrogens is 1. The van der Waals surface area contributed by atoms with Crippen molar-refractivity contribution in [2.24, 2.45) is 22.2 Å².